The molecule has 3 rings (SSSR count). The Kier molecular flexibility index (Phi) is 7.65. The molecule has 0 fully saturated rings. The number of anilines is 1. The third-order valence-corrected chi connectivity index (χ3v) is 3.64. The second kappa shape index (κ2) is 9.95. The summed E-state index contributed by atoms with van der Waals surface area (Å²) < 4.78 is 26.7. The first-order valence-corrected chi connectivity index (χ1v) is 8.01. The molecule has 0 aliphatic carbocycles. The number of nitrogens with zero attached hydrogens (tertiary/aromatic N) is 1. The maximum Gasteiger partial charge on any atom is 0.231 e. The number of fused-ring (bicyclic) bond motifs is 1. The van der Waals surface area contributed by atoms with Gasteiger partial charge in [-0.2, -0.15) is 0 Å². The molecule has 0 bridgehead atoms. The van der Waals surface area contributed by atoms with E-state index in [1.165, 1.54) is 0 Å². The average Bonchev–Trinajstić information content (AvgIpc) is 3.13. The van der Waals surface area contributed by atoms with Crippen molar-refractivity contribution in [3.05, 3.63) is 36.4 Å². The summed E-state index contributed by atoms with van der Waals surface area (Å²) in [6.07, 6.45) is 0. The van der Waals surface area contributed by atoms with E-state index in [0.29, 0.717) is 36.1 Å². The number of methoxy groups -OCH3 is 2. The number of rotatable bonds is 7. The topological polar surface area (TPSA) is 96.6 Å². The van der Waals surface area contributed by atoms with E-state index in [-0.39, 0.29) is 36.7 Å². The van der Waals surface area contributed by atoms with Gasteiger partial charge in [0.1, 0.15) is 12.4 Å². The molecule has 0 atom stereocenters. The summed E-state index contributed by atoms with van der Waals surface area (Å²) in [6, 6.07) is 10.8. The summed E-state index contributed by atoms with van der Waals surface area (Å²) >= 11 is 0. The van der Waals surface area contributed by atoms with E-state index in [9.17, 15) is 0 Å². The van der Waals surface area contributed by atoms with E-state index in [1.54, 1.807) is 32.4 Å². The van der Waals surface area contributed by atoms with Crippen LogP contribution in [0.2, 0.25) is 0 Å². The van der Waals surface area contributed by atoms with E-state index < -0.39 is 0 Å². The van der Waals surface area contributed by atoms with Crippen LogP contribution in [0.5, 0.6) is 28.7 Å². The summed E-state index contributed by atoms with van der Waals surface area (Å²) in [7, 11) is 3.16. The van der Waals surface area contributed by atoms with Crippen LogP contribution >= 0.6 is 24.0 Å². The fraction of sp³-hybridized carbons (Fsp3) is 0.278. The Balaban J connectivity index is 0.00000261. The fourth-order valence-electron chi connectivity index (χ4n) is 2.40. The van der Waals surface area contributed by atoms with Crippen molar-refractivity contribution in [2.24, 2.45) is 10.7 Å². The van der Waals surface area contributed by atoms with Gasteiger partial charge in [-0.3, -0.25) is 0 Å². The zero-order valence-electron chi connectivity index (χ0n) is 15.1. The molecule has 0 amide bonds. The largest absolute Gasteiger partial charge is 0.493 e. The number of hydrogen-bond acceptors (Lipinski definition) is 6. The molecule has 27 heavy (non-hydrogen) atoms. The average molecular weight is 487 g/mol. The van der Waals surface area contributed by atoms with Crippen molar-refractivity contribution < 1.29 is 23.7 Å². The van der Waals surface area contributed by atoms with Crippen molar-refractivity contribution in [1.82, 2.24) is 0 Å². The Bertz CT molecular complexity index is 801. The molecule has 0 saturated carbocycles. The normalized spacial score (nSPS) is 12.1. The van der Waals surface area contributed by atoms with Gasteiger partial charge in [-0.1, -0.05) is 0 Å². The van der Waals surface area contributed by atoms with E-state index in [2.05, 4.69) is 10.3 Å². The second-order valence-electron chi connectivity index (χ2n) is 5.33. The minimum absolute atomic E-state index is 0. The first-order valence-electron chi connectivity index (χ1n) is 8.01. The lowest BCUT2D eigenvalue weighted by Gasteiger charge is -2.11. The van der Waals surface area contributed by atoms with Gasteiger partial charge in [0.15, 0.2) is 29.0 Å². The van der Waals surface area contributed by atoms with Crippen molar-refractivity contribution in [2.45, 2.75) is 0 Å². The van der Waals surface area contributed by atoms with Crippen LogP contribution in [-0.4, -0.2) is 40.1 Å². The molecule has 9 heteroatoms. The van der Waals surface area contributed by atoms with Crippen LogP contribution in [0.1, 0.15) is 0 Å². The molecule has 3 N–H and O–H groups in total. The van der Waals surface area contributed by atoms with Gasteiger partial charge in [-0.05, 0) is 24.3 Å². The fourth-order valence-corrected chi connectivity index (χ4v) is 2.40. The van der Waals surface area contributed by atoms with Crippen LogP contribution < -0.4 is 34.7 Å². The van der Waals surface area contributed by atoms with Crippen molar-refractivity contribution >= 4 is 35.6 Å². The van der Waals surface area contributed by atoms with Gasteiger partial charge in [-0.25, -0.2) is 4.99 Å². The predicted molar refractivity (Wildman–Crippen MR) is 113 cm³/mol. The molecule has 0 radical (unpaired) electrons. The van der Waals surface area contributed by atoms with Gasteiger partial charge in [-0.15, -0.1) is 24.0 Å². The Morgan fingerprint density at radius 1 is 1.07 bits per heavy atom. The maximum atomic E-state index is 5.90. The lowest BCUT2D eigenvalue weighted by atomic mass is 10.3. The molecule has 0 saturated heterocycles. The van der Waals surface area contributed by atoms with Gasteiger partial charge in [0.05, 0.1) is 20.8 Å². The molecule has 8 nitrogen and oxygen atoms in total. The molecule has 1 aliphatic heterocycles. The lowest BCUT2D eigenvalue weighted by Crippen LogP contribution is -2.23. The summed E-state index contributed by atoms with van der Waals surface area (Å²) in [5.74, 6) is 3.63. The zero-order valence-corrected chi connectivity index (χ0v) is 17.4. The molecule has 2 aromatic carbocycles. The van der Waals surface area contributed by atoms with Crippen LogP contribution in [0.4, 0.5) is 5.69 Å². The van der Waals surface area contributed by atoms with Crippen molar-refractivity contribution in [3.8, 4) is 28.7 Å². The van der Waals surface area contributed by atoms with Crippen molar-refractivity contribution in [3.63, 3.8) is 0 Å². The highest BCUT2D eigenvalue weighted by atomic mass is 127. The zero-order chi connectivity index (χ0) is 18.4. The van der Waals surface area contributed by atoms with E-state index in [0.717, 1.165) is 11.4 Å². The second-order valence-corrected chi connectivity index (χ2v) is 5.33. The van der Waals surface area contributed by atoms with Crippen LogP contribution in [-0.2, 0) is 0 Å². The molecule has 1 aliphatic rings. The van der Waals surface area contributed by atoms with Gasteiger partial charge in [0.25, 0.3) is 0 Å². The van der Waals surface area contributed by atoms with E-state index in [4.69, 9.17) is 29.4 Å². The molecule has 1 heterocycles. The molecule has 2 aromatic rings. The Morgan fingerprint density at radius 2 is 1.85 bits per heavy atom. The Hall–Kier alpha value is -2.56. The Morgan fingerprint density at radius 3 is 2.63 bits per heavy atom. The number of benzene rings is 2. The maximum absolute atomic E-state index is 5.90. The summed E-state index contributed by atoms with van der Waals surface area (Å²) in [5, 5.41) is 3.00. The molecule has 146 valence electrons. The monoisotopic (exact) mass is 487 g/mol. The molecular weight excluding hydrogens is 465 g/mol. The first kappa shape index (κ1) is 20.7. The lowest BCUT2D eigenvalue weighted by molar-refractivity contribution is 0.174. The minimum Gasteiger partial charge on any atom is -0.493 e. The minimum atomic E-state index is 0. The number of nitrogens with two attached hydrogens (primary N) is 1. The van der Waals surface area contributed by atoms with Gasteiger partial charge >= 0.3 is 0 Å². The van der Waals surface area contributed by atoms with Gasteiger partial charge in [0.2, 0.25) is 6.79 Å². The number of ether oxygens (including phenoxy) is 5. The summed E-state index contributed by atoms with van der Waals surface area (Å²) in [6.45, 7) is 1.02. The standard InChI is InChI=1S/C18H21N3O5.HI/c1-22-14-5-3-12(9-16(14)23-2)21-18(19)20-7-8-24-13-4-6-15-17(10-13)26-11-25-15;/h3-6,9-10H,7-8,11H2,1-2H3,(H3,19,20,21);1H. The number of aliphatic imine (C=N–C) groups is 1. The molecule has 0 spiro atoms. The Labute approximate surface area is 174 Å². The van der Waals surface area contributed by atoms with Gasteiger partial charge < -0.3 is 34.7 Å². The highest BCUT2D eigenvalue weighted by molar-refractivity contribution is 14.0. The van der Waals surface area contributed by atoms with Gasteiger partial charge in [0, 0.05) is 17.8 Å². The molecule has 0 unspecified atom stereocenters. The van der Waals surface area contributed by atoms with Crippen molar-refractivity contribution in [2.75, 3.05) is 39.5 Å². The summed E-state index contributed by atoms with van der Waals surface area (Å²) in [5.41, 5.74) is 6.65. The highest BCUT2D eigenvalue weighted by Gasteiger charge is 2.13. The molecule has 0 aromatic heterocycles. The smallest absolute Gasteiger partial charge is 0.231 e. The van der Waals surface area contributed by atoms with E-state index >= 15 is 0 Å². The predicted octanol–water partition coefficient (Wildman–Crippen LogP) is 2.86. The molecular formula is C18H22IN3O5. The number of halogens is 1. The SMILES string of the molecule is COc1ccc(NC(N)=NCCOc2ccc3c(c2)OCO3)cc1OC.I. The van der Waals surface area contributed by atoms with Crippen molar-refractivity contribution in [1.29, 1.82) is 0 Å². The quantitative estimate of drug-likeness (QED) is 0.268. The van der Waals surface area contributed by atoms with Crippen LogP contribution in [0.15, 0.2) is 41.4 Å². The number of nitrogens with one attached hydrogen (secondary N) is 1. The first-order chi connectivity index (χ1) is 12.7. The van der Waals surface area contributed by atoms with Crippen LogP contribution in [0.3, 0.4) is 0 Å². The van der Waals surface area contributed by atoms with Crippen LogP contribution in [0, 0.1) is 0 Å². The summed E-state index contributed by atoms with van der Waals surface area (Å²) in [4.78, 5) is 4.24. The third kappa shape index (κ3) is 5.46. The van der Waals surface area contributed by atoms with E-state index in [1.807, 2.05) is 18.2 Å². The highest BCUT2D eigenvalue weighted by Crippen LogP contribution is 2.35. The number of hydrogen-bond donors (Lipinski definition) is 2. The third-order valence-electron chi connectivity index (χ3n) is 3.64. The number of guanidine groups is 1. The van der Waals surface area contributed by atoms with Crippen LogP contribution in [0.25, 0.3) is 0 Å².